The maximum Gasteiger partial charge on any atom is 0.141 e. The topological polar surface area (TPSA) is 74.8 Å². The van der Waals surface area contributed by atoms with Gasteiger partial charge in [-0.05, 0) is 32.9 Å². The molecule has 0 bridgehead atoms. The van der Waals surface area contributed by atoms with Gasteiger partial charge in [0.15, 0.2) is 0 Å². The molecule has 0 spiro atoms. The van der Waals surface area contributed by atoms with E-state index in [2.05, 4.69) is 31.1 Å². The lowest BCUT2D eigenvalue weighted by Gasteiger charge is -2.22. The van der Waals surface area contributed by atoms with Crippen LogP contribution in [0.3, 0.4) is 0 Å². The number of hydrogen-bond acceptors (Lipinski definition) is 3. The van der Waals surface area contributed by atoms with E-state index in [4.69, 9.17) is 11.1 Å². The fourth-order valence-electron chi connectivity index (χ4n) is 1.09. The van der Waals surface area contributed by atoms with Crippen LogP contribution in [0.2, 0.25) is 0 Å². The maximum atomic E-state index is 7.25. The number of nitrogens with two attached hydrogens (primary N) is 1. The molecule has 4 heteroatoms. The third-order valence-corrected chi connectivity index (χ3v) is 1.56. The molecule has 14 heavy (non-hydrogen) atoms. The van der Waals surface area contributed by atoms with Gasteiger partial charge >= 0.3 is 0 Å². The van der Waals surface area contributed by atoms with Crippen LogP contribution in [0.15, 0.2) is 18.3 Å². The van der Waals surface area contributed by atoms with Crippen LogP contribution >= 0.6 is 0 Å². The summed E-state index contributed by atoms with van der Waals surface area (Å²) >= 11 is 0. The third kappa shape index (κ3) is 3.05. The van der Waals surface area contributed by atoms with Gasteiger partial charge in [0.1, 0.15) is 11.5 Å². The minimum atomic E-state index is -0.0115. The number of anilines is 1. The van der Waals surface area contributed by atoms with Crippen molar-refractivity contribution >= 4 is 11.5 Å². The Kier molecular flexibility index (Phi) is 2.74. The van der Waals surface area contributed by atoms with E-state index >= 15 is 0 Å². The van der Waals surface area contributed by atoms with Crippen molar-refractivity contribution in [1.29, 1.82) is 5.41 Å². The highest BCUT2D eigenvalue weighted by Crippen LogP contribution is 2.14. The largest absolute Gasteiger partial charge is 0.382 e. The molecule has 0 saturated heterocycles. The fraction of sp³-hybridized carbons (Fsp3) is 0.400. The summed E-state index contributed by atoms with van der Waals surface area (Å²) in [6, 6.07) is 3.63. The van der Waals surface area contributed by atoms with Crippen LogP contribution in [0, 0.1) is 5.41 Å². The second kappa shape index (κ2) is 3.65. The van der Waals surface area contributed by atoms with Crippen LogP contribution in [0.1, 0.15) is 26.5 Å². The van der Waals surface area contributed by atoms with Gasteiger partial charge in [0.2, 0.25) is 0 Å². The van der Waals surface area contributed by atoms with Crippen molar-refractivity contribution in [3.05, 3.63) is 24.0 Å². The van der Waals surface area contributed by atoms with Gasteiger partial charge in [-0.25, -0.2) is 0 Å². The van der Waals surface area contributed by atoms with Gasteiger partial charge in [-0.3, -0.25) is 10.4 Å². The first-order chi connectivity index (χ1) is 6.38. The van der Waals surface area contributed by atoms with E-state index in [0.29, 0.717) is 5.69 Å². The minimum absolute atomic E-state index is 0.00455. The first-order valence-corrected chi connectivity index (χ1v) is 4.47. The van der Waals surface area contributed by atoms with Gasteiger partial charge in [-0.15, -0.1) is 0 Å². The van der Waals surface area contributed by atoms with E-state index in [1.807, 2.05) is 6.07 Å². The highest BCUT2D eigenvalue weighted by Gasteiger charge is 2.09. The number of amidine groups is 1. The number of nitrogen functional groups attached to an aromatic ring is 1. The van der Waals surface area contributed by atoms with Crippen LogP contribution < -0.4 is 11.1 Å². The lowest BCUT2D eigenvalue weighted by atomic mass is 10.1. The van der Waals surface area contributed by atoms with Crippen molar-refractivity contribution in [2.24, 2.45) is 5.73 Å². The lowest BCUT2D eigenvalue weighted by molar-refractivity contribution is 0.634. The molecule has 0 aromatic carbocycles. The molecular formula is C10H16N4. The predicted molar refractivity (Wildman–Crippen MR) is 58.6 cm³/mol. The van der Waals surface area contributed by atoms with E-state index in [9.17, 15) is 0 Å². The molecule has 0 amide bonds. The molecule has 1 heterocycles. The molecule has 0 aliphatic heterocycles. The first-order valence-electron chi connectivity index (χ1n) is 4.47. The second-order valence-corrected chi connectivity index (χ2v) is 4.22. The average molecular weight is 192 g/mol. The minimum Gasteiger partial charge on any atom is -0.382 e. The Morgan fingerprint density at radius 3 is 2.64 bits per heavy atom. The zero-order valence-electron chi connectivity index (χ0n) is 8.76. The summed E-state index contributed by atoms with van der Waals surface area (Å²) in [6.45, 7) is 6.21. The second-order valence-electron chi connectivity index (χ2n) is 4.22. The molecule has 0 saturated carbocycles. The van der Waals surface area contributed by atoms with Crippen LogP contribution in [0.5, 0.6) is 0 Å². The summed E-state index contributed by atoms with van der Waals surface area (Å²) in [5.74, 6) is -0.0115. The maximum absolute atomic E-state index is 7.25. The Hall–Kier alpha value is -1.58. The van der Waals surface area contributed by atoms with E-state index in [1.54, 1.807) is 12.3 Å². The molecule has 4 N–H and O–H groups in total. The highest BCUT2D eigenvalue weighted by atomic mass is 15.0. The molecule has 76 valence electrons. The summed E-state index contributed by atoms with van der Waals surface area (Å²) < 4.78 is 0. The van der Waals surface area contributed by atoms with Crippen LogP contribution in [-0.2, 0) is 0 Å². The fourth-order valence-corrected chi connectivity index (χ4v) is 1.09. The average Bonchev–Trinajstić information content (AvgIpc) is 2.01. The Morgan fingerprint density at radius 2 is 2.14 bits per heavy atom. The van der Waals surface area contributed by atoms with E-state index in [1.165, 1.54) is 0 Å². The van der Waals surface area contributed by atoms with Crippen LogP contribution in [0.4, 0.5) is 5.69 Å². The normalized spacial score (nSPS) is 11.1. The Balaban J connectivity index is 2.89. The van der Waals surface area contributed by atoms with Crippen molar-refractivity contribution in [2.75, 3.05) is 5.32 Å². The molecule has 0 radical (unpaired) electrons. The molecule has 0 aliphatic carbocycles. The van der Waals surface area contributed by atoms with Crippen LogP contribution in [0.25, 0.3) is 0 Å². The monoisotopic (exact) mass is 192 g/mol. The number of rotatable bonds is 2. The van der Waals surface area contributed by atoms with Crippen molar-refractivity contribution in [3.63, 3.8) is 0 Å². The first kappa shape index (κ1) is 10.5. The Bertz CT molecular complexity index is 338. The molecule has 1 rings (SSSR count). The quantitative estimate of drug-likeness (QED) is 0.492. The predicted octanol–water partition coefficient (Wildman–Crippen LogP) is 1.58. The highest BCUT2D eigenvalue weighted by molar-refractivity contribution is 5.93. The van der Waals surface area contributed by atoms with E-state index < -0.39 is 0 Å². The number of nitrogens with zero attached hydrogens (tertiary/aromatic N) is 1. The number of hydrogen-bond donors (Lipinski definition) is 3. The summed E-state index contributed by atoms with van der Waals surface area (Å²) in [5, 5.41) is 10.5. The van der Waals surface area contributed by atoms with Gasteiger partial charge in [0.05, 0.1) is 0 Å². The molecule has 4 nitrogen and oxygen atoms in total. The lowest BCUT2D eigenvalue weighted by Crippen LogP contribution is -2.26. The number of nitrogens with one attached hydrogen (secondary N) is 2. The van der Waals surface area contributed by atoms with Gasteiger partial charge in [0.25, 0.3) is 0 Å². The molecule has 0 fully saturated rings. The smallest absolute Gasteiger partial charge is 0.141 e. The molecular weight excluding hydrogens is 176 g/mol. The Labute approximate surface area is 84.1 Å². The summed E-state index contributed by atoms with van der Waals surface area (Å²) in [4.78, 5) is 3.98. The van der Waals surface area contributed by atoms with Crippen molar-refractivity contribution < 1.29 is 0 Å². The molecule has 1 aromatic rings. The molecule has 1 aromatic heterocycles. The van der Waals surface area contributed by atoms with Crippen molar-refractivity contribution in [2.45, 2.75) is 26.3 Å². The van der Waals surface area contributed by atoms with Gasteiger partial charge in [-0.2, -0.15) is 0 Å². The summed E-state index contributed by atoms with van der Waals surface area (Å²) in [7, 11) is 0. The molecule has 0 atom stereocenters. The van der Waals surface area contributed by atoms with E-state index in [-0.39, 0.29) is 11.4 Å². The van der Waals surface area contributed by atoms with Gasteiger partial charge < -0.3 is 11.1 Å². The third-order valence-electron chi connectivity index (χ3n) is 1.56. The molecule has 0 unspecified atom stereocenters. The SMILES string of the molecule is CC(C)(C)Nc1ccnc(C(=N)N)c1. The van der Waals surface area contributed by atoms with Gasteiger partial charge in [-0.1, -0.05) is 0 Å². The zero-order chi connectivity index (χ0) is 10.8. The zero-order valence-corrected chi connectivity index (χ0v) is 8.76. The Morgan fingerprint density at radius 1 is 1.50 bits per heavy atom. The number of pyridine rings is 1. The van der Waals surface area contributed by atoms with E-state index in [0.717, 1.165) is 5.69 Å². The van der Waals surface area contributed by atoms with Crippen molar-refractivity contribution in [1.82, 2.24) is 4.98 Å². The van der Waals surface area contributed by atoms with Gasteiger partial charge in [0, 0.05) is 17.4 Å². The summed E-state index contributed by atoms with van der Waals surface area (Å²) in [5.41, 5.74) is 6.76. The molecule has 0 aliphatic rings. The summed E-state index contributed by atoms with van der Waals surface area (Å²) in [6.07, 6.45) is 1.64. The van der Waals surface area contributed by atoms with Crippen LogP contribution in [-0.4, -0.2) is 16.4 Å². The standard InChI is InChI=1S/C10H16N4/c1-10(2,3)14-7-4-5-13-8(6-7)9(11)12/h4-6H,1-3H3,(H3,11,12)(H,13,14). The van der Waals surface area contributed by atoms with Crippen molar-refractivity contribution in [3.8, 4) is 0 Å². The number of aromatic nitrogens is 1.